The second-order valence-corrected chi connectivity index (χ2v) is 3.77. The van der Waals surface area contributed by atoms with E-state index in [-0.39, 0.29) is 11.7 Å². The molecule has 0 N–H and O–H groups in total. The van der Waals surface area contributed by atoms with Crippen molar-refractivity contribution in [3.63, 3.8) is 0 Å². The zero-order chi connectivity index (χ0) is 10.4. The Balaban J connectivity index is 2.57. The maximum atomic E-state index is 11.9. The summed E-state index contributed by atoms with van der Waals surface area (Å²) in [6, 6.07) is 9.56. The summed E-state index contributed by atoms with van der Waals surface area (Å²) >= 11 is 0. The zero-order valence-electron chi connectivity index (χ0n) is 8.99. The van der Waals surface area contributed by atoms with Gasteiger partial charge < -0.3 is 0 Å². The van der Waals surface area contributed by atoms with E-state index >= 15 is 0 Å². The molecule has 0 saturated carbocycles. The van der Waals surface area contributed by atoms with Crippen LogP contribution in [0.1, 0.15) is 43.5 Å². The lowest BCUT2D eigenvalue weighted by molar-refractivity contribution is 0.0922. The van der Waals surface area contributed by atoms with Gasteiger partial charge in [0.05, 0.1) is 0 Å². The molecule has 0 aliphatic carbocycles. The van der Waals surface area contributed by atoms with Gasteiger partial charge in [-0.25, -0.2) is 0 Å². The van der Waals surface area contributed by atoms with Crippen LogP contribution in [0.2, 0.25) is 0 Å². The minimum Gasteiger partial charge on any atom is -0.294 e. The fourth-order valence-corrected chi connectivity index (χ4v) is 1.53. The number of hydrogen-bond acceptors (Lipinski definition) is 1. The molecule has 0 aliphatic heterocycles. The standard InChI is InChI=1S/C13H18O/c1-3-4-8-11(2)13(14)12-9-6-5-7-10-12/h5-7,9-11H,3-4,8H2,1-2H3. The van der Waals surface area contributed by atoms with Crippen LogP contribution in [-0.4, -0.2) is 5.78 Å². The van der Waals surface area contributed by atoms with Gasteiger partial charge in [-0.3, -0.25) is 4.79 Å². The summed E-state index contributed by atoms with van der Waals surface area (Å²) < 4.78 is 0. The second kappa shape index (κ2) is 5.58. The maximum absolute atomic E-state index is 11.9. The molecule has 0 bridgehead atoms. The molecule has 1 nitrogen and oxygen atoms in total. The second-order valence-electron chi connectivity index (χ2n) is 3.77. The number of hydrogen-bond donors (Lipinski definition) is 0. The van der Waals surface area contributed by atoms with Crippen molar-refractivity contribution in [3.8, 4) is 0 Å². The fourth-order valence-electron chi connectivity index (χ4n) is 1.53. The largest absolute Gasteiger partial charge is 0.294 e. The number of unbranched alkanes of at least 4 members (excludes halogenated alkanes) is 1. The fraction of sp³-hybridized carbons (Fsp3) is 0.462. The average molecular weight is 190 g/mol. The summed E-state index contributed by atoms with van der Waals surface area (Å²) in [4.78, 5) is 11.9. The lowest BCUT2D eigenvalue weighted by Gasteiger charge is -2.09. The van der Waals surface area contributed by atoms with Gasteiger partial charge in [0.2, 0.25) is 0 Å². The first-order chi connectivity index (χ1) is 6.75. The van der Waals surface area contributed by atoms with Crippen LogP contribution in [0.5, 0.6) is 0 Å². The summed E-state index contributed by atoms with van der Waals surface area (Å²) in [5, 5.41) is 0. The third-order valence-corrected chi connectivity index (χ3v) is 2.50. The lowest BCUT2D eigenvalue weighted by Crippen LogP contribution is -2.10. The molecule has 0 aliphatic rings. The van der Waals surface area contributed by atoms with Crippen molar-refractivity contribution in [2.24, 2.45) is 5.92 Å². The van der Waals surface area contributed by atoms with Crippen molar-refractivity contribution in [1.29, 1.82) is 0 Å². The van der Waals surface area contributed by atoms with Gasteiger partial charge in [0, 0.05) is 11.5 Å². The predicted octanol–water partition coefficient (Wildman–Crippen LogP) is 3.70. The number of Topliss-reactive ketones (excluding diaryl/α,β-unsaturated/α-hetero) is 1. The van der Waals surface area contributed by atoms with Crippen LogP contribution < -0.4 is 0 Å². The van der Waals surface area contributed by atoms with Crippen molar-refractivity contribution in [2.45, 2.75) is 33.1 Å². The maximum Gasteiger partial charge on any atom is 0.165 e. The molecular formula is C13H18O. The number of rotatable bonds is 5. The van der Waals surface area contributed by atoms with Gasteiger partial charge in [-0.15, -0.1) is 0 Å². The Morgan fingerprint density at radius 1 is 1.29 bits per heavy atom. The minimum atomic E-state index is 0.164. The van der Waals surface area contributed by atoms with Crippen molar-refractivity contribution in [1.82, 2.24) is 0 Å². The Labute approximate surface area is 86.1 Å². The molecule has 1 aromatic rings. The van der Waals surface area contributed by atoms with E-state index in [1.165, 1.54) is 0 Å². The van der Waals surface area contributed by atoms with E-state index in [0.717, 1.165) is 24.8 Å². The molecule has 1 unspecified atom stereocenters. The Morgan fingerprint density at radius 2 is 1.93 bits per heavy atom. The van der Waals surface area contributed by atoms with Crippen molar-refractivity contribution in [2.75, 3.05) is 0 Å². The van der Waals surface area contributed by atoms with Crippen LogP contribution >= 0.6 is 0 Å². The van der Waals surface area contributed by atoms with Crippen LogP contribution in [0.25, 0.3) is 0 Å². The Morgan fingerprint density at radius 3 is 2.50 bits per heavy atom. The Hall–Kier alpha value is -1.11. The van der Waals surface area contributed by atoms with E-state index in [2.05, 4.69) is 6.92 Å². The number of carbonyl (C=O) groups is 1. The van der Waals surface area contributed by atoms with Gasteiger partial charge in [-0.05, 0) is 6.42 Å². The molecule has 0 spiro atoms. The van der Waals surface area contributed by atoms with E-state index in [1.54, 1.807) is 0 Å². The van der Waals surface area contributed by atoms with Crippen LogP contribution in [0, 0.1) is 5.92 Å². The normalized spacial score (nSPS) is 12.4. The highest BCUT2D eigenvalue weighted by Gasteiger charge is 2.13. The van der Waals surface area contributed by atoms with Crippen LogP contribution in [0.3, 0.4) is 0 Å². The highest BCUT2D eigenvalue weighted by molar-refractivity contribution is 5.97. The van der Waals surface area contributed by atoms with Gasteiger partial charge in [-0.1, -0.05) is 57.0 Å². The monoisotopic (exact) mass is 190 g/mol. The highest BCUT2D eigenvalue weighted by Crippen LogP contribution is 2.14. The SMILES string of the molecule is CCCCC(C)C(=O)c1ccccc1. The van der Waals surface area contributed by atoms with Gasteiger partial charge in [0.1, 0.15) is 0 Å². The predicted molar refractivity (Wildman–Crippen MR) is 59.5 cm³/mol. The molecule has 0 radical (unpaired) electrons. The number of ketones is 1. The molecule has 14 heavy (non-hydrogen) atoms. The van der Waals surface area contributed by atoms with Crippen molar-refractivity contribution >= 4 is 5.78 Å². The van der Waals surface area contributed by atoms with E-state index in [1.807, 2.05) is 37.3 Å². The molecule has 0 fully saturated rings. The smallest absolute Gasteiger partial charge is 0.165 e. The molecule has 1 aromatic carbocycles. The Kier molecular flexibility index (Phi) is 4.37. The van der Waals surface area contributed by atoms with E-state index < -0.39 is 0 Å². The van der Waals surface area contributed by atoms with Gasteiger partial charge in [-0.2, -0.15) is 0 Å². The lowest BCUT2D eigenvalue weighted by atomic mass is 9.95. The van der Waals surface area contributed by atoms with Gasteiger partial charge in [0.25, 0.3) is 0 Å². The van der Waals surface area contributed by atoms with Gasteiger partial charge in [0.15, 0.2) is 5.78 Å². The average Bonchev–Trinajstić information content (AvgIpc) is 2.26. The molecule has 1 heteroatoms. The third-order valence-electron chi connectivity index (χ3n) is 2.50. The topological polar surface area (TPSA) is 17.1 Å². The summed E-state index contributed by atoms with van der Waals surface area (Å²) in [6.45, 7) is 4.17. The molecule has 0 heterocycles. The number of benzene rings is 1. The first kappa shape index (κ1) is 11.0. The summed E-state index contributed by atoms with van der Waals surface area (Å²) in [7, 11) is 0. The van der Waals surface area contributed by atoms with Crippen molar-refractivity contribution < 1.29 is 4.79 Å². The van der Waals surface area contributed by atoms with E-state index in [0.29, 0.717) is 0 Å². The minimum absolute atomic E-state index is 0.164. The molecule has 0 aromatic heterocycles. The van der Waals surface area contributed by atoms with Gasteiger partial charge >= 0.3 is 0 Å². The van der Waals surface area contributed by atoms with E-state index in [4.69, 9.17) is 0 Å². The van der Waals surface area contributed by atoms with E-state index in [9.17, 15) is 4.79 Å². The summed E-state index contributed by atoms with van der Waals surface area (Å²) in [6.07, 6.45) is 3.30. The third kappa shape index (κ3) is 2.99. The molecule has 76 valence electrons. The molecule has 1 rings (SSSR count). The van der Waals surface area contributed by atoms with Crippen LogP contribution in [0.15, 0.2) is 30.3 Å². The van der Waals surface area contributed by atoms with Crippen LogP contribution in [-0.2, 0) is 0 Å². The highest BCUT2D eigenvalue weighted by atomic mass is 16.1. The first-order valence-corrected chi connectivity index (χ1v) is 5.35. The summed E-state index contributed by atoms with van der Waals surface area (Å²) in [5.74, 6) is 0.441. The number of carbonyl (C=O) groups excluding carboxylic acids is 1. The molecule has 0 saturated heterocycles. The zero-order valence-corrected chi connectivity index (χ0v) is 8.99. The van der Waals surface area contributed by atoms with Crippen LogP contribution in [0.4, 0.5) is 0 Å². The van der Waals surface area contributed by atoms with Crippen molar-refractivity contribution in [3.05, 3.63) is 35.9 Å². The first-order valence-electron chi connectivity index (χ1n) is 5.35. The molecule has 1 atom stereocenters. The molecular weight excluding hydrogens is 172 g/mol. The Bertz CT molecular complexity index is 277. The molecule has 0 amide bonds. The summed E-state index contributed by atoms with van der Waals surface area (Å²) in [5.41, 5.74) is 0.844. The quantitative estimate of drug-likeness (QED) is 0.647.